The van der Waals surface area contributed by atoms with Gasteiger partial charge in [-0.15, -0.1) is 4.28 Å². The third-order valence-electron chi connectivity index (χ3n) is 6.49. The van der Waals surface area contributed by atoms with E-state index in [2.05, 4.69) is 45.9 Å². The van der Waals surface area contributed by atoms with Crippen molar-refractivity contribution in [3.05, 3.63) is 17.5 Å². The highest BCUT2D eigenvalue weighted by molar-refractivity contribution is 7.80. The highest BCUT2D eigenvalue weighted by Crippen LogP contribution is 2.45. The van der Waals surface area contributed by atoms with Crippen molar-refractivity contribution in [3.63, 3.8) is 0 Å². The largest absolute Gasteiger partial charge is 0.453 e. The maximum atomic E-state index is 13.2. The molecule has 1 saturated heterocycles. The Morgan fingerprint density at radius 2 is 2.03 bits per heavy atom. The van der Waals surface area contributed by atoms with Gasteiger partial charge >= 0.3 is 16.4 Å². The minimum Gasteiger partial charge on any atom is -0.453 e. The van der Waals surface area contributed by atoms with E-state index < -0.39 is 36.8 Å². The molecule has 2 unspecified atom stereocenters. The molecule has 1 aromatic rings. The number of likely N-dealkylation sites (N-methyl/N-ethyl adjacent to an activating group) is 1. The standard InChI is InChI=1S/C19H33N7O7SSi/c1-12(27)21-8-9-25-15-13(10-22-25)14-11-24(18(28)26(14)33-34(29,30)31)16(15)17(20-5)23-32-35(6,7)19(2,3)4/h10,14,16H,8-9,11H2,1-7H3,(H,20,23)(H,21,27)(H,29,30,31). The number of urea groups is 1. The number of amidine groups is 1. The maximum Gasteiger partial charge on any atom is 0.418 e. The zero-order valence-corrected chi connectivity index (χ0v) is 22.7. The van der Waals surface area contributed by atoms with Gasteiger partial charge < -0.3 is 20.1 Å². The number of oxime groups is 1. The number of hydrogen-bond acceptors (Lipinski definition) is 8. The number of aromatic nitrogens is 2. The van der Waals surface area contributed by atoms with E-state index in [1.165, 1.54) is 18.0 Å². The lowest BCUT2D eigenvalue weighted by molar-refractivity contribution is -0.119. The number of hydrogen-bond donors (Lipinski definition) is 3. The van der Waals surface area contributed by atoms with Crippen LogP contribution in [0.25, 0.3) is 0 Å². The van der Waals surface area contributed by atoms with Crippen molar-refractivity contribution in [1.29, 1.82) is 0 Å². The molecule has 3 rings (SSSR count). The van der Waals surface area contributed by atoms with E-state index in [0.717, 1.165) is 0 Å². The second kappa shape index (κ2) is 9.40. The fraction of sp³-hybridized carbons (Fsp3) is 0.684. The van der Waals surface area contributed by atoms with E-state index >= 15 is 0 Å². The summed E-state index contributed by atoms with van der Waals surface area (Å²) < 4.78 is 44.4. The Morgan fingerprint density at radius 3 is 2.57 bits per heavy atom. The normalized spacial score (nSPS) is 20.7. The molecule has 2 aliphatic rings. The Morgan fingerprint density at radius 1 is 1.37 bits per heavy atom. The molecule has 0 aliphatic carbocycles. The molecule has 1 fully saturated rings. The van der Waals surface area contributed by atoms with Crippen LogP contribution in [0.15, 0.2) is 11.4 Å². The van der Waals surface area contributed by atoms with Gasteiger partial charge in [-0.25, -0.2) is 4.79 Å². The summed E-state index contributed by atoms with van der Waals surface area (Å²) in [4.78, 5) is 25.9. The Bertz CT molecular complexity index is 1130. The van der Waals surface area contributed by atoms with Crippen molar-refractivity contribution in [2.24, 2.45) is 5.16 Å². The molecule has 35 heavy (non-hydrogen) atoms. The van der Waals surface area contributed by atoms with Gasteiger partial charge in [-0.2, -0.15) is 18.6 Å². The lowest BCUT2D eigenvalue weighted by Gasteiger charge is -2.35. The van der Waals surface area contributed by atoms with Gasteiger partial charge in [0.15, 0.2) is 5.84 Å². The van der Waals surface area contributed by atoms with Crippen LogP contribution < -0.4 is 10.6 Å². The number of nitrogens with one attached hydrogen (secondary N) is 2. The third-order valence-corrected chi connectivity index (χ3v) is 11.0. The van der Waals surface area contributed by atoms with Gasteiger partial charge in [0.25, 0.3) is 8.32 Å². The molecule has 3 heterocycles. The molecule has 3 amide bonds. The molecule has 1 aromatic heterocycles. The van der Waals surface area contributed by atoms with Crippen LogP contribution in [0.4, 0.5) is 4.79 Å². The van der Waals surface area contributed by atoms with Crippen LogP contribution in [0.2, 0.25) is 18.1 Å². The summed E-state index contributed by atoms with van der Waals surface area (Å²) >= 11 is 0. The van der Waals surface area contributed by atoms with E-state index in [-0.39, 0.29) is 24.0 Å². The molecule has 3 N–H and O–H groups in total. The zero-order valence-electron chi connectivity index (χ0n) is 20.9. The zero-order chi connectivity index (χ0) is 26.3. The average Bonchev–Trinajstić information content (AvgIpc) is 3.24. The van der Waals surface area contributed by atoms with Crippen molar-refractivity contribution in [3.8, 4) is 0 Å². The fourth-order valence-electron chi connectivity index (χ4n) is 3.66. The molecule has 2 bridgehead atoms. The summed E-state index contributed by atoms with van der Waals surface area (Å²) in [6.07, 6.45) is 1.51. The Balaban J connectivity index is 2.07. The molecule has 196 valence electrons. The number of rotatable bonds is 8. The summed E-state index contributed by atoms with van der Waals surface area (Å²) in [7, 11) is -5.61. The molecule has 16 heteroatoms. The van der Waals surface area contributed by atoms with Crippen molar-refractivity contribution >= 4 is 36.5 Å². The van der Waals surface area contributed by atoms with Gasteiger partial charge in [0.2, 0.25) is 5.91 Å². The lowest BCUT2D eigenvalue weighted by Crippen LogP contribution is -2.45. The topological polar surface area (TPSA) is 168 Å². The third kappa shape index (κ3) is 5.44. The van der Waals surface area contributed by atoms with E-state index in [0.29, 0.717) is 28.7 Å². The van der Waals surface area contributed by atoms with Gasteiger partial charge in [0.1, 0.15) is 12.1 Å². The summed E-state index contributed by atoms with van der Waals surface area (Å²) in [6.45, 7) is 12.3. The first-order valence-electron chi connectivity index (χ1n) is 11.1. The smallest absolute Gasteiger partial charge is 0.418 e. The van der Waals surface area contributed by atoms with E-state index in [1.54, 1.807) is 11.7 Å². The number of carbonyl (C=O) groups excluding carboxylic acids is 2. The van der Waals surface area contributed by atoms with Crippen molar-refractivity contribution in [2.45, 2.75) is 64.5 Å². The molecule has 2 aliphatic heterocycles. The molecular weight excluding hydrogens is 498 g/mol. The van der Waals surface area contributed by atoms with Crippen molar-refractivity contribution in [1.82, 2.24) is 30.4 Å². The Labute approximate surface area is 205 Å². The monoisotopic (exact) mass is 531 g/mol. The van der Waals surface area contributed by atoms with Gasteiger partial charge in [-0.05, 0) is 18.1 Å². The summed E-state index contributed by atoms with van der Waals surface area (Å²) in [6, 6.07) is -2.40. The Kier molecular flexibility index (Phi) is 7.23. The first kappa shape index (κ1) is 26.9. The predicted octanol–water partition coefficient (Wildman–Crippen LogP) is 1.14. The first-order valence-corrected chi connectivity index (χ1v) is 15.4. The van der Waals surface area contributed by atoms with E-state index in [1.807, 2.05) is 13.1 Å². The van der Waals surface area contributed by atoms with Gasteiger partial charge in [-0.3, -0.25) is 14.0 Å². The SMILES string of the molecule is CN/C(=N\O[Si](C)(C)C(C)(C)C)C1c2c(cnn2CCNC(C)=O)C2CN1C(=O)N2OS(=O)(=O)O. The second-order valence-corrected chi connectivity index (χ2v) is 15.7. The van der Waals surface area contributed by atoms with Crippen molar-refractivity contribution < 1.29 is 31.4 Å². The summed E-state index contributed by atoms with van der Waals surface area (Å²) in [5.41, 5.74) is 1.09. The van der Waals surface area contributed by atoms with Crippen LogP contribution in [0, 0.1) is 0 Å². The molecule has 14 nitrogen and oxygen atoms in total. The lowest BCUT2D eigenvalue weighted by atomic mass is 9.97. The highest BCUT2D eigenvalue weighted by atomic mass is 32.3. The quantitative estimate of drug-likeness (QED) is 0.146. The van der Waals surface area contributed by atoms with Gasteiger partial charge in [-0.1, -0.05) is 25.9 Å². The van der Waals surface area contributed by atoms with Crippen molar-refractivity contribution in [2.75, 3.05) is 20.1 Å². The van der Waals surface area contributed by atoms with Gasteiger partial charge in [0.05, 0.1) is 25.0 Å². The van der Waals surface area contributed by atoms with Crippen LogP contribution in [0.3, 0.4) is 0 Å². The highest BCUT2D eigenvalue weighted by Gasteiger charge is 2.53. The molecule has 0 radical (unpaired) electrons. The number of hydroxylamine groups is 2. The van der Waals surface area contributed by atoms with E-state index in [4.69, 9.17) is 4.53 Å². The fourth-order valence-corrected chi connectivity index (χ4v) is 4.63. The molecule has 0 saturated carbocycles. The van der Waals surface area contributed by atoms with Gasteiger partial charge in [0, 0.05) is 26.1 Å². The first-order chi connectivity index (χ1) is 16.1. The Hall–Kier alpha value is -2.69. The average molecular weight is 532 g/mol. The van der Waals surface area contributed by atoms with Crippen LogP contribution in [0.1, 0.15) is 51.0 Å². The minimum atomic E-state index is -4.95. The maximum absolute atomic E-state index is 13.2. The number of carbonyl (C=O) groups is 2. The number of nitrogens with zero attached hydrogens (tertiary/aromatic N) is 5. The van der Waals surface area contributed by atoms with Crippen LogP contribution in [-0.2, 0) is 30.5 Å². The second-order valence-electron chi connectivity index (χ2n) is 9.95. The molecule has 2 atom stereocenters. The van der Waals surface area contributed by atoms with Crippen LogP contribution >= 0.6 is 0 Å². The van der Waals surface area contributed by atoms with Crippen LogP contribution in [0.5, 0.6) is 0 Å². The number of fused-ring (bicyclic) bond motifs is 4. The molecular formula is C19H33N7O7SSi. The summed E-state index contributed by atoms with van der Waals surface area (Å²) in [5, 5.41) is 15.0. The summed E-state index contributed by atoms with van der Waals surface area (Å²) in [5.74, 6) is 0.118. The van der Waals surface area contributed by atoms with E-state index in [9.17, 15) is 22.6 Å². The number of amides is 3. The predicted molar refractivity (Wildman–Crippen MR) is 128 cm³/mol. The minimum absolute atomic E-state index is 0.0736. The van der Waals surface area contributed by atoms with Crippen LogP contribution in [-0.4, -0.2) is 78.9 Å². The molecule has 0 spiro atoms. The molecule has 0 aromatic carbocycles.